The molecule has 0 aromatic carbocycles. The van der Waals surface area contributed by atoms with Gasteiger partial charge in [0.05, 0.1) is 12.1 Å². The molecule has 0 N–H and O–H groups in total. The van der Waals surface area contributed by atoms with Gasteiger partial charge in [0.2, 0.25) is 0 Å². The van der Waals surface area contributed by atoms with Crippen LogP contribution < -0.4 is 0 Å². The summed E-state index contributed by atoms with van der Waals surface area (Å²) in [4.78, 5) is 4.45. The minimum atomic E-state index is 0.931. The highest BCUT2D eigenvalue weighted by Gasteiger charge is 2.06. The third-order valence-electron chi connectivity index (χ3n) is 1.41. The van der Waals surface area contributed by atoms with E-state index in [1.807, 2.05) is 0 Å². The molecule has 0 aromatic rings. The molecule has 1 rings (SSSR count). The quantitative estimate of drug-likeness (QED) is 0.480. The van der Waals surface area contributed by atoms with Crippen LogP contribution in [0, 0.1) is 0 Å². The molecule has 1 aliphatic heterocycles. The molecule has 0 saturated carbocycles. The highest BCUT2D eigenvalue weighted by molar-refractivity contribution is 9.09. The van der Waals surface area contributed by atoms with Gasteiger partial charge in [-0.25, -0.2) is 0 Å². The summed E-state index contributed by atoms with van der Waals surface area (Å²) in [6.45, 7) is 4.28. The summed E-state index contributed by atoms with van der Waals surface area (Å²) in [6.07, 6.45) is 4.21. The van der Waals surface area contributed by atoms with E-state index in [0.29, 0.717) is 0 Å². The Morgan fingerprint density at radius 2 is 2.11 bits per heavy atom. The SMILES string of the molecule is CCN1C=CN(CBr)C1. The van der Waals surface area contributed by atoms with Gasteiger partial charge in [0, 0.05) is 18.9 Å². The number of nitrogens with zero attached hydrogens (tertiary/aromatic N) is 2. The van der Waals surface area contributed by atoms with Crippen LogP contribution in [0.2, 0.25) is 0 Å². The van der Waals surface area contributed by atoms with E-state index in [1.165, 1.54) is 0 Å². The van der Waals surface area contributed by atoms with Crippen LogP contribution in [0.5, 0.6) is 0 Å². The van der Waals surface area contributed by atoms with Crippen LogP contribution in [0.3, 0.4) is 0 Å². The van der Waals surface area contributed by atoms with Crippen molar-refractivity contribution in [3.63, 3.8) is 0 Å². The van der Waals surface area contributed by atoms with Crippen molar-refractivity contribution in [3.05, 3.63) is 12.4 Å². The van der Waals surface area contributed by atoms with Gasteiger partial charge in [-0.3, -0.25) is 0 Å². The summed E-state index contributed by atoms with van der Waals surface area (Å²) >= 11 is 3.38. The minimum Gasteiger partial charge on any atom is -0.359 e. The molecule has 9 heavy (non-hydrogen) atoms. The number of hydrogen-bond donors (Lipinski definition) is 0. The predicted molar refractivity (Wildman–Crippen MR) is 42.0 cm³/mol. The fourth-order valence-electron chi connectivity index (χ4n) is 0.799. The lowest BCUT2D eigenvalue weighted by Gasteiger charge is -2.16. The summed E-state index contributed by atoms with van der Waals surface area (Å²) in [5.74, 6) is 0. The maximum Gasteiger partial charge on any atom is 0.0901 e. The van der Waals surface area contributed by atoms with E-state index in [-0.39, 0.29) is 0 Å². The normalized spacial score (nSPS) is 17.6. The molecule has 0 saturated heterocycles. The smallest absolute Gasteiger partial charge is 0.0901 e. The largest absolute Gasteiger partial charge is 0.359 e. The highest BCUT2D eigenvalue weighted by atomic mass is 79.9. The van der Waals surface area contributed by atoms with Crippen molar-refractivity contribution in [2.45, 2.75) is 6.92 Å². The number of hydrogen-bond acceptors (Lipinski definition) is 2. The van der Waals surface area contributed by atoms with Gasteiger partial charge < -0.3 is 9.80 Å². The lowest BCUT2D eigenvalue weighted by atomic mass is 10.6. The topological polar surface area (TPSA) is 6.48 Å². The zero-order valence-corrected chi connectivity index (χ0v) is 7.13. The first-order chi connectivity index (χ1) is 4.36. The molecule has 0 spiro atoms. The predicted octanol–water partition coefficient (Wildman–Crippen LogP) is 1.41. The van der Waals surface area contributed by atoms with Crippen molar-refractivity contribution in [2.24, 2.45) is 0 Å². The molecular formula is C6H11BrN2. The molecular weight excluding hydrogens is 180 g/mol. The van der Waals surface area contributed by atoms with Gasteiger partial charge in [0.25, 0.3) is 0 Å². The maximum absolute atomic E-state index is 3.38. The first kappa shape index (κ1) is 6.93. The first-order valence-electron chi connectivity index (χ1n) is 3.09. The van der Waals surface area contributed by atoms with E-state index in [2.05, 4.69) is 45.1 Å². The molecule has 0 fully saturated rings. The second-order valence-electron chi connectivity index (χ2n) is 2.05. The standard InChI is InChI=1S/C6H11BrN2/c1-2-8-3-4-9(5-7)6-8/h3-4H,2,5-6H2,1H3. The Balaban J connectivity index is 2.31. The van der Waals surface area contributed by atoms with Gasteiger partial charge in [-0.15, -0.1) is 0 Å². The zero-order valence-electron chi connectivity index (χ0n) is 5.55. The molecule has 3 heteroatoms. The third kappa shape index (κ3) is 1.61. The summed E-state index contributed by atoms with van der Waals surface area (Å²) in [7, 11) is 0. The van der Waals surface area contributed by atoms with Gasteiger partial charge >= 0.3 is 0 Å². The molecule has 0 bridgehead atoms. The van der Waals surface area contributed by atoms with Gasteiger partial charge in [0.1, 0.15) is 0 Å². The van der Waals surface area contributed by atoms with Crippen molar-refractivity contribution in [1.29, 1.82) is 0 Å². The Hall–Kier alpha value is -0.180. The minimum absolute atomic E-state index is 0.931. The van der Waals surface area contributed by atoms with Crippen molar-refractivity contribution >= 4 is 15.9 Å². The average Bonchev–Trinajstić information content (AvgIpc) is 2.34. The van der Waals surface area contributed by atoms with Gasteiger partial charge in [-0.05, 0) is 6.92 Å². The lowest BCUT2D eigenvalue weighted by Crippen LogP contribution is -2.23. The van der Waals surface area contributed by atoms with Gasteiger partial charge in [-0.1, -0.05) is 15.9 Å². The summed E-state index contributed by atoms with van der Waals surface area (Å²) in [5, 5.41) is 0. The monoisotopic (exact) mass is 190 g/mol. The second-order valence-corrected chi connectivity index (χ2v) is 2.55. The van der Waals surface area contributed by atoms with Crippen LogP contribution in [-0.2, 0) is 0 Å². The summed E-state index contributed by atoms with van der Waals surface area (Å²) < 4.78 is 0. The Morgan fingerprint density at radius 1 is 1.44 bits per heavy atom. The first-order valence-corrected chi connectivity index (χ1v) is 4.21. The maximum atomic E-state index is 3.38. The van der Waals surface area contributed by atoms with E-state index < -0.39 is 0 Å². The van der Waals surface area contributed by atoms with Gasteiger partial charge in [-0.2, -0.15) is 0 Å². The molecule has 0 radical (unpaired) electrons. The lowest BCUT2D eigenvalue weighted by molar-refractivity contribution is 0.302. The number of halogens is 1. The van der Waals surface area contributed by atoms with Crippen molar-refractivity contribution in [3.8, 4) is 0 Å². The van der Waals surface area contributed by atoms with Crippen molar-refractivity contribution < 1.29 is 0 Å². The summed E-state index contributed by atoms with van der Waals surface area (Å²) in [5.41, 5.74) is 0.931. The molecule has 0 amide bonds. The Labute approximate surface area is 64.3 Å². The molecule has 0 aliphatic carbocycles. The zero-order chi connectivity index (χ0) is 6.69. The fourth-order valence-corrected chi connectivity index (χ4v) is 1.12. The van der Waals surface area contributed by atoms with Gasteiger partial charge in [0.15, 0.2) is 0 Å². The second kappa shape index (κ2) is 3.11. The number of rotatable bonds is 2. The van der Waals surface area contributed by atoms with Crippen molar-refractivity contribution in [2.75, 3.05) is 18.7 Å². The molecule has 0 aromatic heterocycles. The molecule has 52 valence electrons. The number of alkyl halides is 1. The molecule has 0 unspecified atom stereocenters. The van der Waals surface area contributed by atoms with Crippen LogP contribution >= 0.6 is 15.9 Å². The van der Waals surface area contributed by atoms with E-state index in [0.717, 1.165) is 18.7 Å². The van der Waals surface area contributed by atoms with Crippen molar-refractivity contribution in [1.82, 2.24) is 9.80 Å². The Bertz CT molecular complexity index is 102. The highest BCUT2D eigenvalue weighted by Crippen LogP contribution is 2.06. The molecule has 1 aliphatic rings. The van der Waals surface area contributed by atoms with Crippen LogP contribution in [-0.4, -0.2) is 28.5 Å². The van der Waals surface area contributed by atoms with E-state index >= 15 is 0 Å². The van der Waals surface area contributed by atoms with Crippen LogP contribution in [0.25, 0.3) is 0 Å². The van der Waals surface area contributed by atoms with Crippen LogP contribution in [0.1, 0.15) is 6.92 Å². The van der Waals surface area contributed by atoms with E-state index in [9.17, 15) is 0 Å². The molecule has 1 heterocycles. The average molecular weight is 191 g/mol. The molecule has 2 nitrogen and oxygen atoms in total. The Kier molecular flexibility index (Phi) is 2.39. The Morgan fingerprint density at radius 3 is 2.44 bits per heavy atom. The van der Waals surface area contributed by atoms with Crippen LogP contribution in [0.15, 0.2) is 12.4 Å². The van der Waals surface area contributed by atoms with E-state index in [1.54, 1.807) is 0 Å². The summed E-state index contributed by atoms with van der Waals surface area (Å²) in [6, 6.07) is 0. The molecule has 0 atom stereocenters. The fraction of sp³-hybridized carbons (Fsp3) is 0.667. The van der Waals surface area contributed by atoms with E-state index in [4.69, 9.17) is 0 Å². The van der Waals surface area contributed by atoms with Crippen LogP contribution in [0.4, 0.5) is 0 Å². The third-order valence-corrected chi connectivity index (χ3v) is 2.06.